The zero-order chi connectivity index (χ0) is 16.2. The summed E-state index contributed by atoms with van der Waals surface area (Å²) in [5.41, 5.74) is 6.20. The number of rotatable bonds is 5. The molecule has 22 heavy (non-hydrogen) atoms. The van der Waals surface area contributed by atoms with Gasteiger partial charge in [0.2, 0.25) is 5.91 Å². The number of carbonyl (C=O) groups excluding carboxylic acids is 1. The number of carbonyl (C=O) groups is 1. The lowest BCUT2D eigenvalue weighted by atomic mass is 9.79. The van der Waals surface area contributed by atoms with Gasteiger partial charge in [0, 0.05) is 42.3 Å². The normalized spacial score (nSPS) is 18.7. The number of benzene rings is 1. The molecule has 0 aliphatic carbocycles. The fourth-order valence-electron chi connectivity index (χ4n) is 2.80. The zero-order valence-electron chi connectivity index (χ0n) is 12.7. The van der Waals surface area contributed by atoms with Gasteiger partial charge in [-0.25, -0.2) is 0 Å². The van der Waals surface area contributed by atoms with Crippen LogP contribution < -0.4 is 11.1 Å². The summed E-state index contributed by atoms with van der Waals surface area (Å²) in [5.74, 6) is 0.0214. The van der Waals surface area contributed by atoms with Crippen molar-refractivity contribution < 1.29 is 9.53 Å². The number of amides is 1. The summed E-state index contributed by atoms with van der Waals surface area (Å²) in [7, 11) is 0. The molecule has 1 amide bonds. The fraction of sp³-hybridized carbons (Fsp3) is 0.562. The molecule has 1 aliphatic heterocycles. The molecule has 1 fully saturated rings. The molecule has 0 aromatic heterocycles. The summed E-state index contributed by atoms with van der Waals surface area (Å²) in [6, 6.07) is 5.42. The first-order valence-corrected chi connectivity index (χ1v) is 8.26. The van der Waals surface area contributed by atoms with Gasteiger partial charge in [0.05, 0.1) is 5.41 Å². The van der Waals surface area contributed by atoms with Gasteiger partial charge in [-0.15, -0.1) is 0 Å². The van der Waals surface area contributed by atoms with E-state index in [1.165, 1.54) is 0 Å². The summed E-state index contributed by atoms with van der Waals surface area (Å²) < 4.78 is 5.33. The van der Waals surface area contributed by atoms with Crippen molar-refractivity contribution in [2.45, 2.75) is 25.7 Å². The Morgan fingerprint density at radius 1 is 1.36 bits per heavy atom. The second kappa shape index (κ2) is 7.64. The van der Waals surface area contributed by atoms with Crippen LogP contribution in [0.4, 0.5) is 0 Å². The van der Waals surface area contributed by atoms with Gasteiger partial charge in [-0.1, -0.05) is 36.2 Å². The monoisotopic (exact) mass is 344 g/mol. The summed E-state index contributed by atoms with van der Waals surface area (Å²) in [6.45, 7) is 3.97. The van der Waals surface area contributed by atoms with Gasteiger partial charge in [-0.2, -0.15) is 0 Å². The van der Waals surface area contributed by atoms with Crippen LogP contribution in [0.5, 0.6) is 0 Å². The number of halogens is 2. The van der Waals surface area contributed by atoms with E-state index in [1.807, 2.05) is 13.0 Å². The van der Waals surface area contributed by atoms with Crippen LogP contribution in [0.25, 0.3) is 0 Å². The highest BCUT2D eigenvalue weighted by molar-refractivity contribution is 6.36. The highest BCUT2D eigenvalue weighted by atomic mass is 35.5. The summed E-state index contributed by atoms with van der Waals surface area (Å²) in [6.07, 6.45) is 1.33. The first kappa shape index (κ1) is 17.5. The second-order valence-corrected chi connectivity index (χ2v) is 6.66. The zero-order valence-corrected chi connectivity index (χ0v) is 14.2. The first-order valence-electron chi connectivity index (χ1n) is 7.50. The molecule has 6 heteroatoms. The van der Waals surface area contributed by atoms with Gasteiger partial charge in [0.15, 0.2) is 0 Å². The highest BCUT2D eigenvalue weighted by Crippen LogP contribution is 2.32. The maximum Gasteiger partial charge on any atom is 0.227 e. The van der Waals surface area contributed by atoms with Crippen molar-refractivity contribution in [2.24, 2.45) is 11.1 Å². The standard InChI is InChI=1S/C16H22Cl2N2O2/c1-11(14-12(17)3-2-4-13(14)18)9-20-15(21)16(10-19)5-7-22-8-6-16/h2-4,11H,5-10,19H2,1H3,(H,20,21). The SMILES string of the molecule is CC(CNC(=O)C1(CN)CCOCC1)c1c(Cl)cccc1Cl. The molecule has 0 saturated carbocycles. The average Bonchev–Trinajstić information content (AvgIpc) is 2.53. The number of hydrogen-bond acceptors (Lipinski definition) is 3. The molecule has 122 valence electrons. The second-order valence-electron chi connectivity index (χ2n) is 5.84. The van der Waals surface area contributed by atoms with Crippen LogP contribution >= 0.6 is 23.2 Å². The van der Waals surface area contributed by atoms with Crippen molar-refractivity contribution in [3.05, 3.63) is 33.8 Å². The Kier molecular flexibility index (Phi) is 6.09. The lowest BCUT2D eigenvalue weighted by molar-refractivity contribution is -0.135. The van der Waals surface area contributed by atoms with Crippen LogP contribution in [0.3, 0.4) is 0 Å². The molecule has 3 N–H and O–H groups in total. The Morgan fingerprint density at radius 2 is 1.95 bits per heavy atom. The van der Waals surface area contributed by atoms with E-state index in [4.69, 9.17) is 33.7 Å². The number of nitrogens with two attached hydrogens (primary N) is 1. The third-order valence-corrected chi connectivity index (χ3v) is 5.04. The highest BCUT2D eigenvalue weighted by Gasteiger charge is 2.38. The van der Waals surface area contributed by atoms with Crippen molar-refractivity contribution >= 4 is 29.1 Å². The van der Waals surface area contributed by atoms with Crippen molar-refractivity contribution in [1.82, 2.24) is 5.32 Å². The van der Waals surface area contributed by atoms with Crippen LogP contribution in [-0.4, -0.2) is 32.2 Å². The molecule has 0 spiro atoms. The molecule has 1 heterocycles. The first-order chi connectivity index (χ1) is 10.5. The Morgan fingerprint density at radius 3 is 2.50 bits per heavy atom. The molecule has 1 unspecified atom stereocenters. The maximum atomic E-state index is 12.5. The van der Waals surface area contributed by atoms with Gasteiger partial charge < -0.3 is 15.8 Å². The number of nitrogens with one attached hydrogen (secondary N) is 1. The Hall–Kier alpha value is -0.810. The number of hydrogen-bond donors (Lipinski definition) is 2. The minimum absolute atomic E-state index is 0.00618. The lowest BCUT2D eigenvalue weighted by Gasteiger charge is -2.34. The Balaban J connectivity index is 2.01. The molecule has 1 saturated heterocycles. The lowest BCUT2D eigenvalue weighted by Crippen LogP contribution is -2.49. The largest absolute Gasteiger partial charge is 0.381 e. The Bertz CT molecular complexity index is 511. The van der Waals surface area contributed by atoms with E-state index in [2.05, 4.69) is 5.32 Å². The van der Waals surface area contributed by atoms with Gasteiger partial charge in [0.1, 0.15) is 0 Å². The van der Waals surface area contributed by atoms with E-state index in [0.29, 0.717) is 49.2 Å². The van der Waals surface area contributed by atoms with E-state index in [9.17, 15) is 4.79 Å². The molecule has 1 atom stereocenters. The molecule has 1 aromatic rings. The van der Waals surface area contributed by atoms with E-state index in [-0.39, 0.29) is 11.8 Å². The van der Waals surface area contributed by atoms with Crippen molar-refractivity contribution in [3.8, 4) is 0 Å². The maximum absolute atomic E-state index is 12.5. The minimum atomic E-state index is -0.512. The topological polar surface area (TPSA) is 64.4 Å². The quantitative estimate of drug-likeness (QED) is 0.862. The molecular weight excluding hydrogens is 323 g/mol. The molecular formula is C16H22Cl2N2O2. The molecule has 4 nitrogen and oxygen atoms in total. The molecule has 1 aliphatic rings. The molecule has 2 rings (SSSR count). The third kappa shape index (κ3) is 3.74. The summed E-state index contributed by atoms with van der Waals surface area (Å²) in [5, 5.41) is 4.24. The predicted octanol–water partition coefficient (Wildman–Crippen LogP) is 2.97. The van der Waals surface area contributed by atoms with Crippen LogP contribution in [-0.2, 0) is 9.53 Å². The smallest absolute Gasteiger partial charge is 0.227 e. The summed E-state index contributed by atoms with van der Waals surface area (Å²) in [4.78, 5) is 12.5. The fourth-order valence-corrected chi connectivity index (χ4v) is 3.57. The van der Waals surface area contributed by atoms with E-state index in [1.54, 1.807) is 12.1 Å². The van der Waals surface area contributed by atoms with E-state index < -0.39 is 5.41 Å². The van der Waals surface area contributed by atoms with E-state index in [0.717, 1.165) is 5.56 Å². The van der Waals surface area contributed by atoms with Gasteiger partial charge in [-0.3, -0.25) is 4.79 Å². The van der Waals surface area contributed by atoms with Crippen molar-refractivity contribution in [2.75, 3.05) is 26.3 Å². The van der Waals surface area contributed by atoms with Crippen LogP contribution in [0.2, 0.25) is 10.0 Å². The minimum Gasteiger partial charge on any atom is -0.381 e. The predicted molar refractivity (Wildman–Crippen MR) is 89.4 cm³/mol. The van der Waals surface area contributed by atoms with E-state index >= 15 is 0 Å². The third-order valence-electron chi connectivity index (χ3n) is 4.38. The van der Waals surface area contributed by atoms with Gasteiger partial charge >= 0.3 is 0 Å². The molecule has 1 aromatic carbocycles. The van der Waals surface area contributed by atoms with Gasteiger partial charge in [-0.05, 0) is 30.5 Å². The Labute approximate surface area is 141 Å². The van der Waals surface area contributed by atoms with Gasteiger partial charge in [0.25, 0.3) is 0 Å². The average molecular weight is 345 g/mol. The molecule has 0 bridgehead atoms. The van der Waals surface area contributed by atoms with Crippen molar-refractivity contribution in [3.63, 3.8) is 0 Å². The van der Waals surface area contributed by atoms with Crippen LogP contribution in [0.1, 0.15) is 31.2 Å². The number of ether oxygens (including phenoxy) is 1. The summed E-state index contributed by atoms with van der Waals surface area (Å²) >= 11 is 12.4. The van der Waals surface area contributed by atoms with Crippen LogP contribution in [0.15, 0.2) is 18.2 Å². The molecule has 0 radical (unpaired) electrons. The van der Waals surface area contributed by atoms with Crippen molar-refractivity contribution in [1.29, 1.82) is 0 Å². The van der Waals surface area contributed by atoms with Crippen LogP contribution in [0, 0.1) is 5.41 Å².